The number of benzene rings is 1. The van der Waals surface area contributed by atoms with E-state index in [1.165, 1.54) is 76.3 Å². The summed E-state index contributed by atoms with van der Waals surface area (Å²) < 4.78 is 6.29. The summed E-state index contributed by atoms with van der Waals surface area (Å²) in [4.78, 5) is 13.0. The van der Waals surface area contributed by atoms with E-state index >= 15 is 0 Å². The highest BCUT2D eigenvalue weighted by atomic mass is 16.5. The van der Waals surface area contributed by atoms with E-state index in [1.807, 2.05) is 0 Å². The topological polar surface area (TPSA) is 66.8 Å². The number of aromatic hydroxyl groups is 2. The van der Waals surface area contributed by atoms with Crippen LogP contribution < -0.4 is 0 Å². The summed E-state index contributed by atoms with van der Waals surface area (Å²) in [5.74, 6) is -0.469. The van der Waals surface area contributed by atoms with E-state index in [1.54, 1.807) is 6.07 Å². The van der Waals surface area contributed by atoms with Crippen molar-refractivity contribution >= 4 is 5.97 Å². The molecule has 0 amide bonds. The first-order valence-corrected chi connectivity index (χ1v) is 13.4. The Bertz CT molecular complexity index is 657. The Labute approximate surface area is 202 Å². The van der Waals surface area contributed by atoms with Gasteiger partial charge < -0.3 is 19.4 Å². The molecule has 0 saturated heterocycles. The average Bonchev–Trinajstić information content (AvgIpc) is 2.82. The number of carbonyl (C=O) groups excluding carboxylic acids is 1. The van der Waals surface area contributed by atoms with Crippen LogP contribution in [0.15, 0.2) is 18.2 Å². The van der Waals surface area contributed by atoms with Gasteiger partial charge in [0.15, 0.2) is 17.5 Å². The van der Waals surface area contributed by atoms with Crippen LogP contribution in [0, 0.1) is 0 Å². The van der Waals surface area contributed by atoms with Crippen molar-refractivity contribution in [2.45, 2.75) is 110 Å². The maximum Gasteiger partial charge on any atom is 0.365 e. The summed E-state index contributed by atoms with van der Waals surface area (Å²) in [5.41, 5.74) is 0.823. The molecule has 33 heavy (non-hydrogen) atoms. The number of unbranched alkanes of at least 4 members (excludes halogenated alkanes) is 11. The molecule has 190 valence electrons. The van der Waals surface area contributed by atoms with E-state index in [2.05, 4.69) is 27.8 Å². The Balaban J connectivity index is 2.35. The molecule has 0 aliphatic carbocycles. The quantitative estimate of drug-likeness (QED) is 0.103. The Morgan fingerprint density at radius 1 is 0.818 bits per heavy atom. The number of hydrogen-bond donors (Lipinski definition) is 2. The van der Waals surface area contributed by atoms with Crippen LogP contribution in [0.1, 0.15) is 103 Å². The van der Waals surface area contributed by atoms with Gasteiger partial charge in [-0.15, -0.1) is 0 Å². The van der Waals surface area contributed by atoms with Gasteiger partial charge in [0.1, 0.15) is 0 Å². The zero-order chi connectivity index (χ0) is 24.5. The van der Waals surface area contributed by atoms with Crippen molar-refractivity contribution in [3.63, 3.8) is 0 Å². The number of phenols is 2. The van der Waals surface area contributed by atoms with Gasteiger partial charge in [-0.05, 0) is 38.0 Å². The van der Waals surface area contributed by atoms with Crippen LogP contribution in [0.4, 0.5) is 0 Å². The Kier molecular flexibility index (Phi) is 14.9. The van der Waals surface area contributed by atoms with E-state index in [-0.39, 0.29) is 23.5 Å². The summed E-state index contributed by atoms with van der Waals surface area (Å²) in [6.45, 7) is 8.54. The van der Waals surface area contributed by atoms with Crippen LogP contribution in [0.25, 0.3) is 0 Å². The fraction of sp³-hybridized carbons (Fsp3) is 0.750. The lowest BCUT2D eigenvalue weighted by Crippen LogP contribution is -2.57. The normalized spacial score (nSPS) is 12.6. The van der Waals surface area contributed by atoms with Crippen LogP contribution in [0.5, 0.6) is 11.5 Å². The van der Waals surface area contributed by atoms with Gasteiger partial charge in [0.05, 0.1) is 26.7 Å². The molecule has 1 rings (SSSR count). The minimum Gasteiger partial charge on any atom is -0.504 e. The van der Waals surface area contributed by atoms with Crippen LogP contribution in [0.2, 0.25) is 0 Å². The maximum absolute atomic E-state index is 13.0. The molecule has 1 aromatic carbocycles. The molecule has 1 aromatic rings. The van der Waals surface area contributed by atoms with E-state index < -0.39 is 0 Å². The minimum absolute atomic E-state index is 0.145. The largest absolute Gasteiger partial charge is 0.504 e. The lowest BCUT2D eigenvalue weighted by Gasteiger charge is -2.38. The molecule has 0 unspecified atom stereocenters. The van der Waals surface area contributed by atoms with Crippen molar-refractivity contribution in [3.8, 4) is 11.5 Å². The highest BCUT2D eigenvalue weighted by Crippen LogP contribution is 2.27. The molecule has 0 spiro atoms. The van der Waals surface area contributed by atoms with Gasteiger partial charge in [0, 0.05) is 6.42 Å². The number of quaternary nitrogens is 1. The smallest absolute Gasteiger partial charge is 0.365 e. The second kappa shape index (κ2) is 16.8. The monoisotopic (exact) mass is 464 g/mol. The fourth-order valence-corrected chi connectivity index (χ4v) is 4.35. The molecular weight excluding hydrogens is 414 g/mol. The maximum atomic E-state index is 13.0. The van der Waals surface area contributed by atoms with Gasteiger partial charge >= 0.3 is 5.97 Å². The number of phenolic OH excluding ortho intramolecular Hbond substituents is 2. The first-order valence-electron chi connectivity index (χ1n) is 13.4. The third-order valence-electron chi connectivity index (χ3n) is 7.18. The van der Waals surface area contributed by atoms with Crippen molar-refractivity contribution in [1.29, 1.82) is 0 Å². The molecule has 2 N–H and O–H groups in total. The molecular formula is C28H50NO4+. The van der Waals surface area contributed by atoms with Crippen LogP contribution in [-0.2, 0) is 16.0 Å². The molecule has 0 aliphatic rings. The SMILES string of the molecule is CCCCCCCCCCCCCCOC(=O)[C@H](Cc1ccc(O)c(O)c1)[N+](C)(CC)CC. The van der Waals surface area contributed by atoms with Crippen LogP contribution >= 0.6 is 0 Å². The first-order chi connectivity index (χ1) is 15.9. The molecule has 1 atom stereocenters. The first kappa shape index (κ1) is 29.3. The molecule has 5 nitrogen and oxygen atoms in total. The third kappa shape index (κ3) is 11.3. The molecule has 5 heteroatoms. The predicted molar refractivity (Wildman–Crippen MR) is 137 cm³/mol. The zero-order valence-electron chi connectivity index (χ0n) is 21.8. The summed E-state index contributed by atoms with van der Waals surface area (Å²) in [5, 5.41) is 19.4. The fourth-order valence-electron chi connectivity index (χ4n) is 4.35. The molecule has 0 aromatic heterocycles. The van der Waals surface area contributed by atoms with E-state index in [4.69, 9.17) is 4.74 Å². The number of esters is 1. The third-order valence-corrected chi connectivity index (χ3v) is 7.18. The summed E-state index contributed by atoms with van der Waals surface area (Å²) in [6.07, 6.45) is 15.9. The number of rotatable bonds is 19. The standard InChI is InChI=1S/C28H49NO4/c1-5-8-9-10-11-12-13-14-15-16-17-18-21-33-28(32)25(29(4,6-2)7-3)22-24-19-20-26(30)27(31)23-24/h19-20,23,25H,5-18,21-22H2,1-4H3,(H-,30,31)/p+1/t25-/m0/s1. The van der Waals surface area contributed by atoms with Crippen molar-refractivity contribution in [2.24, 2.45) is 0 Å². The van der Waals surface area contributed by atoms with Gasteiger partial charge in [-0.1, -0.05) is 83.6 Å². The number of likely N-dealkylation sites (N-methyl/N-ethyl adjacent to an activating group) is 1. The summed E-state index contributed by atoms with van der Waals surface area (Å²) in [7, 11) is 2.08. The van der Waals surface area contributed by atoms with Crippen molar-refractivity contribution < 1.29 is 24.2 Å². The molecule has 0 radical (unpaired) electrons. The predicted octanol–water partition coefficient (Wildman–Crippen LogP) is 6.74. The Morgan fingerprint density at radius 3 is 1.82 bits per heavy atom. The average molecular weight is 465 g/mol. The molecule has 0 aliphatic heterocycles. The van der Waals surface area contributed by atoms with Gasteiger partial charge in [-0.25, -0.2) is 4.79 Å². The second-order valence-corrected chi connectivity index (χ2v) is 9.71. The summed E-state index contributed by atoms with van der Waals surface area (Å²) in [6, 6.07) is 4.44. The van der Waals surface area contributed by atoms with Gasteiger partial charge in [0.2, 0.25) is 0 Å². The van der Waals surface area contributed by atoms with Crippen molar-refractivity contribution in [2.75, 3.05) is 26.7 Å². The number of nitrogens with zero attached hydrogens (tertiary/aromatic N) is 1. The minimum atomic E-state index is -0.332. The van der Waals surface area contributed by atoms with Crippen molar-refractivity contribution in [3.05, 3.63) is 23.8 Å². The molecule has 0 saturated carbocycles. The van der Waals surface area contributed by atoms with Gasteiger partial charge in [-0.3, -0.25) is 0 Å². The lowest BCUT2D eigenvalue weighted by molar-refractivity contribution is -0.921. The van der Waals surface area contributed by atoms with Crippen molar-refractivity contribution in [1.82, 2.24) is 0 Å². The van der Waals surface area contributed by atoms with E-state index in [0.717, 1.165) is 31.5 Å². The van der Waals surface area contributed by atoms with Crippen LogP contribution in [0.3, 0.4) is 0 Å². The van der Waals surface area contributed by atoms with Crippen LogP contribution in [-0.4, -0.2) is 53.5 Å². The van der Waals surface area contributed by atoms with Gasteiger partial charge in [-0.2, -0.15) is 0 Å². The summed E-state index contributed by atoms with van der Waals surface area (Å²) >= 11 is 0. The number of hydrogen-bond acceptors (Lipinski definition) is 4. The number of ether oxygens (including phenoxy) is 1. The molecule has 0 bridgehead atoms. The lowest BCUT2D eigenvalue weighted by atomic mass is 10.0. The Morgan fingerprint density at radius 2 is 1.33 bits per heavy atom. The number of carbonyl (C=O) groups is 1. The molecule has 0 heterocycles. The highest BCUT2D eigenvalue weighted by Gasteiger charge is 2.37. The Hall–Kier alpha value is -1.75. The van der Waals surface area contributed by atoms with E-state index in [9.17, 15) is 15.0 Å². The van der Waals surface area contributed by atoms with E-state index in [0.29, 0.717) is 17.5 Å². The zero-order valence-corrected chi connectivity index (χ0v) is 21.8. The van der Waals surface area contributed by atoms with Gasteiger partial charge in [0.25, 0.3) is 0 Å². The molecule has 0 fully saturated rings. The second-order valence-electron chi connectivity index (χ2n) is 9.71. The highest BCUT2D eigenvalue weighted by molar-refractivity contribution is 5.75.